The van der Waals surface area contributed by atoms with Gasteiger partial charge in [-0.1, -0.05) is 23.7 Å². The second-order valence-corrected chi connectivity index (χ2v) is 7.22. The molecule has 2 rings (SSSR count). The minimum Gasteiger partial charge on any atom is -0.452 e. The van der Waals surface area contributed by atoms with Crippen molar-refractivity contribution in [3.05, 3.63) is 56.7 Å². The highest BCUT2D eigenvalue weighted by atomic mass is 35.5. The summed E-state index contributed by atoms with van der Waals surface area (Å²) < 4.78 is 41.5. The van der Waals surface area contributed by atoms with E-state index in [9.17, 15) is 18.0 Å². The Bertz CT molecular complexity index is 761. The Morgan fingerprint density at radius 2 is 1.96 bits per heavy atom. The number of hydrazone groups is 1. The first kappa shape index (κ1) is 19.6. The van der Waals surface area contributed by atoms with Crippen LogP contribution < -0.4 is 5.43 Å². The lowest BCUT2D eigenvalue weighted by molar-refractivity contribution is -0.0329. The summed E-state index contributed by atoms with van der Waals surface area (Å²) in [5.74, 6) is -0.188. The third-order valence-corrected chi connectivity index (χ3v) is 5.14. The maximum Gasteiger partial charge on any atom is 0.442 e. The van der Waals surface area contributed by atoms with Crippen LogP contribution in [-0.4, -0.2) is 24.4 Å². The number of ether oxygens (including phenoxy) is 1. The van der Waals surface area contributed by atoms with Gasteiger partial charge in [-0.05, 0) is 36.0 Å². The van der Waals surface area contributed by atoms with E-state index < -0.39 is 11.6 Å². The molecule has 1 amide bonds. The number of hydrogen-bond acceptors (Lipinski definition) is 5. The molecule has 134 valence electrons. The number of amides is 1. The zero-order valence-corrected chi connectivity index (χ0v) is 15.2. The number of carbonyl (C=O) groups excluding carboxylic acids is 1. The number of thiophene rings is 1. The summed E-state index contributed by atoms with van der Waals surface area (Å²) in [6.07, 6.45) is -0.754. The summed E-state index contributed by atoms with van der Waals surface area (Å²) >= 11 is 6.92. The van der Waals surface area contributed by atoms with Gasteiger partial charge in [-0.25, -0.2) is 10.2 Å². The van der Waals surface area contributed by atoms with E-state index in [0.29, 0.717) is 26.1 Å². The minimum atomic E-state index is -4.29. The summed E-state index contributed by atoms with van der Waals surface area (Å²) in [6.45, 7) is 0. The normalized spacial score (nSPS) is 12.1. The fourth-order valence-corrected chi connectivity index (χ4v) is 3.51. The number of halogens is 4. The van der Waals surface area contributed by atoms with Gasteiger partial charge in [0.05, 0.1) is 12.0 Å². The number of nitrogens with one attached hydrogen (secondary N) is 1. The van der Waals surface area contributed by atoms with Crippen molar-refractivity contribution in [3.8, 4) is 0 Å². The summed E-state index contributed by atoms with van der Waals surface area (Å²) in [6, 6.07) is 9.96. The largest absolute Gasteiger partial charge is 0.452 e. The van der Waals surface area contributed by atoms with E-state index in [0.717, 1.165) is 11.3 Å². The van der Waals surface area contributed by atoms with Gasteiger partial charge in [0, 0.05) is 21.2 Å². The van der Waals surface area contributed by atoms with Gasteiger partial charge in [0.25, 0.3) is 0 Å². The first-order chi connectivity index (χ1) is 11.8. The van der Waals surface area contributed by atoms with Crippen molar-refractivity contribution < 1.29 is 22.7 Å². The molecule has 0 spiro atoms. The Kier molecular flexibility index (Phi) is 6.74. The molecule has 1 aromatic carbocycles. The number of thioether (sulfide) groups is 1. The van der Waals surface area contributed by atoms with Gasteiger partial charge in [-0.3, -0.25) is 0 Å². The summed E-state index contributed by atoms with van der Waals surface area (Å²) in [7, 11) is 1.20. The molecule has 1 heterocycles. The second kappa shape index (κ2) is 8.59. The average molecular weight is 409 g/mol. The minimum absolute atomic E-state index is 0.105. The average Bonchev–Trinajstić information content (AvgIpc) is 3.02. The van der Waals surface area contributed by atoms with Crippen molar-refractivity contribution in [2.45, 2.75) is 11.3 Å². The van der Waals surface area contributed by atoms with Gasteiger partial charge >= 0.3 is 11.6 Å². The van der Waals surface area contributed by atoms with E-state index >= 15 is 0 Å². The molecule has 0 aliphatic carbocycles. The molecular weight excluding hydrogens is 397 g/mol. The molecule has 0 unspecified atom stereocenters. The van der Waals surface area contributed by atoms with E-state index in [1.165, 1.54) is 7.11 Å². The predicted molar refractivity (Wildman–Crippen MR) is 94.3 cm³/mol. The topological polar surface area (TPSA) is 50.7 Å². The first-order valence-electron chi connectivity index (χ1n) is 6.76. The Labute approximate surface area is 155 Å². The standard InChI is InChI=1S/C15H12ClF3N2O2S2/c1-23-14(22)21-20-13(9-2-4-10(16)5-3-9)12-7-6-11(25-12)8-24-15(17,18)19/h2-7H,8H2,1H3,(H,21,22). The number of hydrogen-bond donors (Lipinski definition) is 1. The van der Waals surface area contributed by atoms with Crippen LogP contribution in [0.25, 0.3) is 0 Å². The van der Waals surface area contributed by atoms with Gasteiger partial charge in [0.15, 0.2) is 0 Å². The molecule has 1 aromatic heterocycles. The van der Waals surface area contributed by atoms with Crippen molar-refractivity contribution in [1.29, 1.82) is 0 Å². The molecule has 10 heteroatoms. The molecular formula is C15H12ClF3N2O2S2. The molecule has 0 aliphatic rings. The molecule has 0 fully saturated rings. The molecule has 0 atom stereocenters. The van der Waals surface area contributed by atoms with E-state index in [1.54, 1.807) is 36.4 Å². The first-order valence-corrected chi connectivity index (χ1v) is 8.94. The Balaban J connectivity index is 2.27. The summed E-state index contributed by atoms with van der Waals surface area (Å²) in [5, 5.41) is 4.54. The van der Waals surface area contributed by atoms with E-state index in [2.05, 4.69) is 15.3 Å². The molecule has 0 aliphatic heterocycles. The number of methoxy groups -OCH3 is 1. The quantitative estimate of drug-likeness (QED) is 0.542. The van der Waals surface area contributed by atoms with Gasteiger partial charge < -0.3 is 4.74 Å². The van der Waals surface area contributed by atoms with E-state index in [1.807, 2.05) is 0 Å². The van der Waals surface area contributed by atoms with Gasteiger partial charge in [-0.2, -0.15) is 18.3 Å². The monoisotopic (exact) mass is 408 g/mol. The zero-order valence-electron chi connectivity index (χ0n) is 12.8. The number of rotatable bonds is 5. The van der Waals surface area contributed by atoms with Crippen LogP contribution in [-0.2, 0) is 10.5 Å². The number of benzene rings is 1. The lowest BCUT2D eigenvalue weighted by Gasteiger charge is -2.06. The SMILES string of the molecule is COC(=O)NN=C(c1ccc(Cl)cc1)c1ccc(CSC(F)(F)F)s1. The molecule has 0 radical (unpaired) electrons. The third kappa shape index (κ3) is 6.26. The lowest BCUT2D eigenvalue weighted by Crippen LogP contribution is -2.19. The molecule has 2 aromatic rings. The van der Waals surface area contributed by atoms with E-state index in [-0.39, 0.29) is 17.5 Å². The molecule has 25 heavy (non-hydrogen) atoms. The van der Waals surface area contributed by atoms with Gasteiger partial charge in [0.2, 0.25) is 0 Å². The van der Waals surface area contributed by atoms with Gasteiger partial charge in [0.1, 0.15) is 5.71 Å². The smallest absolute Gasteiger partial charge is 0.442 e. The molecule has 4 nitrogen and oxygen atoms in total. The summed E-state index contributed by atoms with van der Waals surface area (Å²) in [4.78, 5) is 12.4. The summed E-state index contributed by atoms with van der Waals surface area (Å²) in [5.41, 5.74) is -1.01. The van der Waals surface area contributed by atoms with Crippen molar-refractivity contribution in [2.24, 2.45) is 5.10 Å². The third-order valence-electron chi connectivity index (χ3n) is 2.84. The van der Waals surface area contributed by atoms with Crippen LogP contribution in [0.1, 0.15) is 15.3 Å². The highest BCUT2D eigenvalue weighted by molar-refractivity contribution is 7.99. The lowest BCUT2D eigenvalue weighted by atomic mass is 10.1. The molecule has 0 bridgehead atoms. The molecule has 1 N–H and O–H groups in total. The van der Waals surface area contributed by atoms with Crippen LogP contribution in [0.15, 0.2) is 41.5 Å². The van der Waals surface area contributed by atoms with Crippen LogP contribution in [0, 0.1) is 0 Å². The zero-order chi connectivity index (χ0) is 18.4. The maximum atomic E-state index is 12.3. The van der Waals surface area contributed by atoms with Crippen molar-refractivity contribution in [3.63, 3.8) is 0 Å². The van der Waals surface area contributed by atoms with Gasteiger partial charge in [-0.15, -0.1) is 11.3 Å². The van der Waals surface area contributed by atoms with Crippen molar-refractivity contribution in [2.75, 3.05) is 7.11 Å². The van der Waals surface area contributed by atoms with Crippen LogP contribution >= 0.6 is 34.7 Å². The predicted octanol–water partition coefficient (Wildman–Crippen LogP) is 5.26. The van der Waals surface area contributed by atoms with Crippen molar-refractivity contribution in [1.82, 2.24) is 5.43 Å². The van der Waals surface area contributed by atoms with E-state index in [4.69, 9.17) is 11.6 Å². The van der Waals surface area contributed by atoms with Crippen LogP contribution in [0.2, 0.25) is 5.02 Å². The Morgan fingerprint density at radius 3 is 2.56 bits per heavy atom. The Hall–Kier alpha value is -1.71. The highest BCUT2D eigenvalue weighted by Gasteiger charge is 2.28. The van der Waals surface area contributed by atoms with Crippen LogP contribution in [0.5, 0.6) is 0 Å². The fourth-order valence-electron chi connectivity index (χ4n) is 1.75. The van der Waals surface area contributed by atoms with Crippen LogP contribution in [0.3, 0.4) is 0 Å². The fraction of sp³-hybridized carbons (Fsp3) is 0.200. The van der Waals surface area contributed by atoms with Crippen molar-refractivity contribution >= 4 is 46.5 Å². The second-order valence-electron chi connectivity index (χ2n) is 4.57. The highest BCUT2D eigenvalue weighted by Crippen LogP contribution is 2.35. The molecule has 0 saturated heterocycles. The number of carbonyl (C=O) groups is 1. The van der Waals surface area contributed by atoms with Crippen LogP contribution in [0.4, 0.5) is 18.0 Å². The Morgan fingerprint density at radius 1 is 1.28 bits per heavy atom. The maximum absolute atomic E-state index is 12.3. The molecule has 0 saturated carbocycles. The number of nitrogens with zero attached hydrogens (tertiary/aromatic N) is 1. The number of alkyl halides is 3.